The van der Waals surface area contributed by atoms with Crippen LogP contribution in [0.4, 0.5) is 13.2 Å². The third-order valence-electron chi connectivity index (χ3n) is 5.65. The summed E-state index contributed by atoms with van der Waals surface area (Å²) in [4.78, 5) is 33.5. The van der Waals surface area contributed by atoms with E-state index in [1.807, 2.05) is 0 Å². The number of alkyl halides is 3. The van der Waals surface area contributed by atoms with Crippen molar-refractivity contribution in [2.75, 3.05) is 13.1 Å². The molecule has 0 spiro atoms. The van der Waals surface area contributed by atoms with Crippen LogP contribution >= 0.6 is 0 Å². The second kappa shape index (κ2) is 7.53. The van der Waals surface area contributed by atoms with E-state index in [9.17, 15) is 22.8 Å². The van der Waals surface area contributed by atoms with Gasteiger partial charge in [-0.2, -0.15) is 13.2 Å². The third-order valence-corrected chi connectivity index (χ3v) is 5.65. The average molecular weight is 406 g/mol. The first-order chi connectivity index (χ1) is 13.8. The lowest BCUT2D eigenvalue weighted by atomic mass is 9.94. The molecule has 1 saturated heterocycles. The molecule has 154 valence electrons. The molecule has 9 heteroatoms. The molecular formula is C20H21F3N4O2. The minimum atomic E-state index is -4.25. The van der Waals surface area contributed by atoms with E-state index < -0.39 is 12.1 Å². The standard InChI is InChI=1S/C20H21F3N4O2/c21-20(22,23)14-3-1-13(2-4-14)11-18(28)26-9-6-15(7-10-26)27-17-12-24-8-5-16(17)25-19(27)29/h1-3,5,8,12,14-15H,4,6-7,9-11H2,(H,25,29). The normalized spacial score (nSPS) is 20.9. The number of likely N-dealkylation sites (tertiary alicyclic amines) is 1. The van der Waals surface area contributed by atoms with E-state index in [-0.39, 0.29) is 30.5 Å². The Bertz CT molecular complexity index is 1030. The van der Waals surface area contributed by atoms with Gasteiger partial charge in [-0.05, 0) is 30.9 Å². The minimum absolute atomic E-state index is 0.0224. The van der Waals surface area contributed by atoms with Crippen LogP contribution in [0, 0.1) is 5.92 Å². The average Bonchev–Trinajstić information content (AvgIpc) is 3.03. The van der Waals surface area contributed by atoms with Gasteiger partial charge in [-0.3, -0.25) is 14.3 Å². The zero-order chi connectivity index (χ0) is 20.6. The van der Waals surface area contributed by atoms with Crippen LogP contribution in [0.5, 0.6) is 0 Å². The van der Waals surface area contributed by atoms with Gasteiger partial charge in [0.25, 0.3) is 0 Å². The molecule has 0 saturated carbocycles. The highest BCUT2D eigenvalue weighted by molar-refractivity contribution is 5.79. The van der Waals surface area contributed by atoms with Gasteiger partial charge in [-0.25, -0.2) is 4.79 Å². The summed E-state index contributed by atoms with van der Waals surface area (Å²) in [5.74, 6) is -1.57. The lowest BCUT2D eigenvalue weighted by molar-refractivity contribution is -0.160. The fourth-order valence-electron chi connectivity index (χ4n) is 4.03. The number of aromatic amines is 1. The number of H-pyrrole nitrogens is 1. The zero-order valence-corrected chi connectivity index (χ0v) is 15.7. The van der Waals surface area contributed by atoms with E-state index >= 15 is 0 Å². The first-order valence-electron chi connectivity index (χ1n) is 9.59. The number of carbonyl (C=O) groups excluding carboxylic acids is 1. The van der Waals surface area contributed by atoms with Crippen molar-refractivity contribution in [3.63, 3.8) is 0 Å². The van der Waals surface area contributed by atoms with Gasteiger partial charge in [-0.15, -0.1) is 0 Å². The Morgan fingerprint density at radius 2 is 2.03 bits per heavy atom. The van der Waals surface area contributed by atoms with Crippen LogP contribution in [0.1, 0.15) is 31.7 Å². The van der Waals surface area contributed by atoms with Gasteiger partial charge < -0.3 is 9.88 Å². The van der Waals surface area contributed by atoms with Gasteiger partial charge in [-0.1, -0.05) is 18.2 Å². The van der Waals surface area contributed by atoms with E-state index in [0.717, 1.165) is 17.1 Å². The summed E-state index contributed by atoms with van der Waals surface area (Å²) < 4.78 is 39.8. The van der Waals surface area contributed by atoms with Crippen LogP contribution in [0.3, 0.4) is 0 Å². The van der Waals surface area contributed by atoms with Gasteiger partial charge in [0, 0.05) is 25.3 Å². The van der Waals surface area contributed by atoms with Crippen LogP contribution in [0.25, 0.3) is 11.0 Å². The molecule has 1 amide bonds. The zero-order valence-electron chi connectivity index (χ0n) is 15.7. The van der Waals surface area contributed by atoms with Crippen LogP contribution in [0.2, 0.25) is 0 Å². The number of rotatable bonds is 3. The molecule has 2 aromatic rings. The van der Waals surface area contributed by atoms with Gasteiger partial charge in [0.15, 0.2) is 0 Å². The van der Waals surface area contributed by atoms with Crippen molar-refractivity contribution >= 4 is 16.9 Å². The predicted molar refractivity (Wildman–Crippen MR) is 101 cm³/mol. The number of aromatic nitrogens is 3. The van der Waals surface area contributed by atoms with E-state index in [1.54, 1.807) is 27.9 Å². The number of allylic oxidation sites excluding steroid dienone is 3. The fourth-order valence-corrected chi connectivity index (χ4v) is 4.03. The number of halogens is 3. The minimum Gasteiger partial charge on any atom is -0.342 e. The van der Waals surface area contributed by atoms with Gasteiger partial charge >= 0.3 is 11.9 Å². The first kappa shape index (κ1) is 19.5. The van der Waals surface area contributed by atoms with Crippen LogP contribution in [-0.2, 0) is 4.79 Å². The van der Waals surface area contributed by atoms with Crippen molar-refractivity contribution in [3.05, 3.63) is 52.7 Å². The maximum absolute atomic E-state index is 12.7. The first-order valence-corrected chi connectivity index (χ1v) is 9.59. The maximum atomic E-state index is 12.7. The quantitative estimate of drug-likeness (QED) is 0.850. The molecule has 1 unspecified atom stereocenters. The van der Waals surface area contributed by atoms with Gasteiger partial charge in [0.2, 0.25) is 5.91 Å². The highest BCUT2D eigenvalue weighted by Gasteiger charge is 2.38. The molecule has 1 aliphatic heterocycles. The molecule has 3 heterocycles. The second-order valence-electron chi connectivity index (χ2n) is 7.50. The fraction of sp³-hybridized carbons (Fsp3) is 0.450. The molecule has 2 aliphatic rings. The summed E-state index contributed by atoms with van der Waals surface area (Å²) in [7, 11) is 0. The molecular weight excluding hydrogens is 385 g/mol. The number of hydrogen-bond donors (Lipinski definition) is 1. The molecule has 1 aliphatic carbocycles. The van der Waals surface area contributed by atoms with E-state index in [1.165, 1.54) is 12.2 Å². The molecule has 2 aromatic heterocycles. The number of piperidine rings is 1. The summed E-state index contributed by atoms with van der Waals surface area (Å²) in [5, 5.41) is 0. The van der Waals surface area contributed by atoms with Crippen LogP contribution in [-0.4, -0.2) is 44.6 Å². The Hall–Kier alpha value is -2.84. The SMILES string of the molecule is O=C(CC1=CCC(C(F)(F)F)C=C1)N1CCC(n2c(=O)[nH]c3ccncc32)CC1. The smallest absolute Gasteiger partial charge is 0.342 e. The number of imidazole rings is 1. The monoisotopic (exact) mass is 406 g/mol. The summed E-state index contributed by atoms with van der Waals surface area (Å²) in [6.45, 7) is 1.01. The molecule has 0 bridgehead atoms. The number of pyridine rings is 1. The van der Waals surface area contributed by atoms with Crippen molar-refractivity contribution in [1.82, 2.24) is 19.4 Å². The summed E-state index contributed by atoms with van der Waals surface area (Å²) in [5.41, 5.74) is 1.92. The van der Waals surface area contributed by atoms with Crippen molar-refractivity contribution < 1.29 is 18.0 Å². The lowest BCUT2D eigenvalue weighted by Gasteiger charge is -2.33. The van der Waals surface area contributed by atoms with Crippen molar-refractivity contribution in [2.45, 2.75) is 37.9 Å². The number of nitrogens with one attached hydrogen (secondary N) is 1. The Labute approximate surface area is 164 Å². The Balaban J connectivity index is 1.36. The highest BCUT2D eigenvalue weighted by atomic mass is 19.4. The lowest BCUT2D eigenvalue weighted by Crippen LogP contribution is -2.40. The molecule has 1 atom stereocenters. The van der Waals surface area contributed by atoms with Crippen LogP contribution < -0.4 is 5.69 Å². The highest BCUT2D eigenvalue weighted by Crippen LogP contribution is 2.34. The molecule has 0 aromatic carbocycles. The van der Waals surface area contributed by atoms with Crippen molar-refractivity contribution in [3.8, 4) is 0 Å². The third kappa shape index (κ3) is 3.99. The maximum Gasteiger partial charge on any atom is 0.395 e. The van der Waals surface area contributed by atoms with Gasteiger partial charge in [0.1, 0.15) is 0 Å². The van der Waals surface area contributed by atoms with E-state index in [2.05, 4.69) is 9.97 Å². The number of nitrogens with zero attached hydrogens (tertiary/aromatic N) is 3. The largest absolute Gasteiger partial charge is 0.395 e. The van der Waals surface area contributed by atoms with Crippen molar-refractivity contribution in [2.24, 2.45) is 5.92 Å². The molecule has 0 radical (unpaired) electrons. The van der Waals surface area contributed by atoms with Crippen LogP contribution in [0.15, 0.2) is 47.1 Å². The van der Waals surface area contributed by atoms with Gasteiger partial charge in [0.05, 0.1) is 29.6 Å². The Morgan fingerprint density at radius 3 is 2.69 bits per heavy atom. The molecule has 1 N–H and O–H groups in total. The molecule has 29 heavy (non-hydrogen) atoms. The number of hydrogen-bond acceptors (Lipinski definition) is 3. The van der Waals surface area contributed by atoms with E-state index in [0.29, 0.717) is 31.5 Å². The second-order valence-corrected chi connectivity index (χ2v) is 7.50. The van der Waals surface area contributed by atoms with E-state index in [4.69, 9.17) is 0 Å². The summed E-state index contributed by atoms with van der Waals surface area (Å²) in [6.07, 6.45) is 4.32. The number of amides is 1. The number of fused-ring (bicyclic) bond motifs is 1. The summed E-state index contributed by atoms with van der Waals surface area (Å²) >= 11 is 0. The Morgan fingerprint density at radius 1 is 1.28 bits per heavy atom. The molecule has 6 nitrogen and oxygen atoms in total. The topological polar surface area (TPSA) is 71.0 Å². The molecule has 1 fully saturated rings. The molecule has 4 rings (SSSR count). The van der Waals surface area contributed by atoms with Crippen molar-refractivity contribution in [1.29, 1.82) is 0 Å². The Kier molecular flexibility index (Phi) is 5.06. The predicted octanol–water partition coefficient (Wildman–Crippen LogP) is 3.34. The summed E-state index contributed by atoms with van der Waals surface area (Å²) in [6, 6.07) is 1.73. The number of carbonyl (C=O) groups is 1.